The minimum absolute atomic E-state index is 0.520. The fourth-order valence-electron chi connectivity index (χ4n) is 1.20. The van der Waals surface area contributed by atoms with Gasteiger partial charge in [-0.15, -0.1) is 0 Å². The van der Waals surface area contributed by atoms with Gasteiger partial charge >= 0.3 is 102 Å². The molecule has 0 aliphatic heterocycles. The molecule has 1 heteroatoms. The summed E-state index contributed by atoms with van der Waals surface area (Å²) in [5.41, 5.74) is 1.12. The molecular formula is C14H12Te. The zero-order valence-corrected chi connectivity index (χ0v) is 10.6. The summed E-state index contributed by atoms with van der Waals surface area (Å²) in [6.45, 7) is 0. The molecule has 2 aromatic carbocycles. The molecule has 0 N–H and O–H groups in total. The first-order chi connectivity index (χ1) is 7.84. The van der Waals surface area contributed by atoms with E-state index in [2.05, 4.69) is 12.1 Å². The van der Waals surface area contributed by atoms with Gasteiger partial charge in [-0.3, -0.25) is 0 Å². The van der Waals surface area contributed by atoms with E-state index in [1.807, 2.05) is 54.6 Å². The first-order valence-corrected chi connectivity index (χ1v) is 7.14. The van der Waals surface area contributed by atoms with Crippen molar-refractivity contribution in [3.63, 3.8) is 0 Å². The Balaban J connectivity index is 2.09. The molecule has 0 amide bonds. The molecule has 0 saturated carbocycles. The first-order valence-electron chi connectivity index (χ1n) is 5.31. The van der Waals surface area contributed by atoms with Crippen molar-refractivity contribution in [1.29, 1.82) is 0 Å². The summed E-state index contributed by atoms with van der Waals surface area (Å²) in [7, 11) is 0. The van der Waals surface area contributed by atoms with Gasteiger partial charge in [0.05, 0.1) is 0 Å². The second kappa shape index (κ2) is 5.75. The molecule has 74 valence electrons. The van der Waals surface area contributed by atoms with Crippen LogP contribution in [-0.4, -0.2) is 20.9 Å². The zero-order valence-electron chi connectivity index (χ0n) is 9.26. The van der Waals surface area contributed by atoms with Gasteiger partial charge in [-0.1, -0.05) is 0 Å². The maximum absolute atomic E-state index is 7.97. The van der Waals surface area contributed by atoms with E-state index in [0.29, 0.717) is 0 Å². The quantitative estimate of drug-likeness (QED) is 0.765. The van der Waals surface area contributed by atoms with E-state index in [-0.39, 0.29) is 0 Å². The number of benzene rings is 2. The van der Waals surface area contributed by atoms with Gasteiger partial charge in [0.25, 0.3) is 0 Å². The average Bonchev–Trinajstić information content (AvgIpc) is 2.31. The van der Waals surface area contributed by atoms with Crippen LogP contribution in [0.15, 0.2) is 64.8 Å². The van der Waals surface area contributed by atoms with Gasteiger partial charge < -0.3 is 0 Å². The van der Waals surface area contributed by atoms with Crippen molar-refractivity contribution >= 4 is 30.6 Å². The third-order valence-corrected chi connectivity index (χ3v) is 4.07. The van der Waals surface area contributed by atoms with Crippen LogP contribution in [0, 0.1) is 0 Å². The van der Waals surface area contributed by atoms with Gasteiger partial charge in [0, 0.05) is 0 Å². The molecule has 0 saturated heterocycles. The molecule has 0 atom stereocenters. The Morgan fingerprint density at radius 1 is 0.867 bits per heavy atom. The number of rotatable bonds is 3. The van der Waals surface area contributed by atoms with Crippen molar-refractivity contribution in [3.05, 3.63) is 70.3 Å². The van der Waals surface area contributed by atoms with Crippen molar-refractivity contribution in [2.45, 2.75) is 0 Å². The van der Waals surface area contributed by atoms with Gasteiger partial charge in [0.15, 0.2) is 0 Å². The monoisotopic (exact) mass is 311 g/mol. The summed E-state index contributed by atoms with van der Waals surface area (Å²) in [6.07, 6.45) is 1.97. The maximum atomic E-state index is 7.97. The van der Waals surface area contributed by atoms with Crippen LogP contribution in [0.5, 0.6) is 0 Å². The molecule has 0 aliphatic carbocycles. The summed E-state index contributed by atoms with van der Waals surface area (Å²) < 4.78 is 10.0. The molecule has 0 radical (unpaired) electrons. The van der Waals surface area contributed by atoms with Crippen LogP contribution in [0.2, 0.25) is 0 Å². The number of hydrogen-bond donors (Lipinski definition) is 0. The van der Waals surface area contributed by atoms with E-state index in [9.17, 15) is 0 Å². The summed E-state index contributed by atoms with van der Waals surface area (Å²) in [4.78, 5) is 0. The molecule has 0 unspecified atom stereocenters. The fourth-order valence-corrected chi connectivity index (χ4v) is 2.99. The van der Waals surface area contributed by atoms with E-state index in [0.717, 1.165) is 9.66 Å². The van der Waals surface area contributed by atoms with Crippen LogP contribution in [0.3, 0.4) is 0 Å². The third-order valence-electron chi connectivity index (χ3n) is 1.95. The zero-order chi connectivity index (χ0) is 11.2. The van der Waals surface area contributed by atoms with Crippen molar-refractivity contribution in [2.75, 3.05) is 0 Å². The Morgan fingerprint density at radius 2 is 1.47 bits per heavy atom. The predicted molar refractivity (Wildman–Crippen MR) is 67.3 cm³/mol. The van der Waals surface area contributed by atoms with Gasteiger partial charge in [-0.05, 0) is 0 Å². The summed E-state index contributed by atoms with van der Waals surface area (Å²) in [5, 5.41) is 0. The summed E-state index contributed by atoms with van der Waals surface area (Å²) in [6, 6.07) is 20.4. The van der Waals surface area contributed by atoms with E-state index >= 15 is 0 Å². The van der Waals surface area contributed by atoms with Gasteiger partial charge in [-0.25, -0.2) is 0 Å². The number of hydrogen-bond acceptors (Lipinski definition) is 0. The Hall–Kier alpha value is -1.03. The molecule has 0 nitrogen and oxygen atoms in total. The van der Waals surface area contributed by atoms with Gasteiger partial charge in [0.2, 0.25) is 0 Å². The normalized spacial score (nSPS) is 12.3. The molecular weight excluding hydrogens is 296 g/mol. The standard InChI is InChI=1S/C14H12Te/c1-3-7-13(8-4-1)11-12-15-14-9-5-2-6-10-14/h1-12H/b12-11+/i12D. The van der Waals surface area contributed by atoms with Crippen LogP contribution in [0.25, 0.3) is 6.08 Å². The van der Waals surface area contributed by atoms with Crippen LogP contribution >= 0.6 is 0 Å². The second-order valence-corrected chi connectivity index (χ2v) is 5.69. The third kappa shape index (κ3) is 3.55. The SMILES string of the molecule is [2H]/C(=C\c1ccccc1)[Te]c1ccccc1. The van der Waals surface area contributed by atoms with E-state index in [1.165, 1.54) is 3.61 Å². The van der Waals surface area contributed by atoms with Crippen LogP contribution in [-0.2, 0) is 0 Å². The summed E-state index contributed by atoms with van der Waals surface area (Å²) >= 11 is -0.520. The Bertz CT molecular complexity index is 463. The Labute approximate surface area is 102 Å². The van der Waals surface area contributed by atoms with Crippen LogP contribution < -0.4 is 3.61 Å². The van der Waals surface area contributed by atoms with E-state index < -0.39 is 20.9 Å². The fraction of sp³-hybridized carbons (Fsp3) is 0. The molecule has 0 heterocycles. The molecule has 0 aliphatic rings. The molecule has 15 heavy (non-hydrogen) atoms. The molecule has 0 fully saturated rings. The Morgan fingerprint density at radius 3 is 2.13 bits per heavy atom. The predicted octanol–water partition coefficient (Wildman–Crippen LogP) is 2.69. The summed E-state index contributed by atoms with van der Waals surface area (Å²) in [5.74, 6) is 0. The van der Waals surface area contributed by atoms with E-state index in [1.54, 1.807) is 0 Å². The Kier molecular flexibility index (Phi) is 3.53. The minimum atomic E-state index is -0.520. The van der Waals surface area contributed by atoms with Gasteiger partial charge in [-0.2, -0.15) is 0 Å². The van der Waals surface area contributed by atoms with Crippen molar-refractivity contribution < 1.29 is 1.37 Å². The molecule has 0 aromatic heterocycles. The van der Waals surface area contributed by atoms with E-state index in [4.69, 9.17) is 1.37 Å². The average molecular weight is 309 g/mol. The molecule has 0 bridgehead atoms. The van der Waals surface area contributed by atoms with Crippen molar-refractivity contribution in [3.8, 4) is 0 Å². The second-order valence-electron chi connectivity index (χ2n) is 3.09. The molecule has 2 aromatic rings. The van der Waals surface area contributed by atoms with Crippen molar-refractivity contribution in [1.82, 2.24) is 0 Å². The molecule has 0 spiro atoms. The van der Waals surface area contributed by atoms with Gasteiger partial charge in [0.1, 0.15) is 0 Å². The first kappa shape index (κ1) is 9.21. The molecule has 2 rings (SSSR count). The van der Waals surface area contributed by atoms with Crippen LogP contribution in [0.1, 0.15) is 6.93 Å². The van der Waals surface area contributed by atoms with Crippen LogP contribution in [0.4, 0.5) is 0 Å². The topological polar surface area (TPSA) is 0 Å². The van der Waals surface area contributed by atoms with Crippen molar-refractivity contribution in [2.24, 2.45) is 0 Å².